The highest BCUT2D eigenvalue weighted by Crippen LogP contribution is 2.30. The van der Waals surface area contributed by atoms with Crippen LogP contribution < -0.4 is 10.5 Å². The second kappa shape index (κ2) is 11.1. The summed E-state index contributed by atoms with van der Waals surface area (Å²) < 4.78 is 14.6. The summed E-state index contributed by atoms with van der Waals surface area (Å²) in [7, 11) is 1.38. The Labute approximate surface area is 227 Å². The first kappa shape index (κ1) is 26.1. The first-order chi connectivity index (χ1) is 18.9. The normalized spacial score (nSPS) is 11.3. The third-order valence-corrected chi connectivity index (χ3v) is 6.70. The predicted octanol–water partition coefficient (Wildman–Crippen LogP) is 5.10. The molecule has 2 N–H and O–H groups in total. The van der Waals surface area contributed by atoms with Gasteiger partial charge in [-0.05, 0) is 59.4 Å². The van der Waals surface area contributed by atoms with Gasteiger partial charge in [0.2, 0.25) is 0 Å². The molecule has 9 nitrogen and oxygen atoms in total. The van der Waals surface area contributed by atoms with E-state index in [-0.39, 0.29) is 0 Å². The Balaban J connectivity index is 1.50. The van der Waals surface area contributed by atoms with Crippen molar-refractivity contribution in [3.8, 4) is 22.8 Å². The van der Waals surface area contributed by atoms with Gasteiger partial charge in [-0.1, -0.05) is 55.5 Å². The summed E-state index contributed by atoms with van der Waals surface area (Å²) >= 11 is 0. The van der Waals surface area contributed by atoms with Crippen LogP contribution in [0.4, 0.5) is 0 Å². The Kier molecular flexibility index (Phi) is 7.42. The number of nitrogens with two attached hydrogens (primary N) is 1. The number of rotatable bonds is 9. The Bertz CT molecular complexity index is 1620. The highest BCUT2D eigenvalue weighted by molar-refractivity contribution is 6.02. The Morgan fingerprint density at radius 3 is 2.54 bits per heavy atom. The van der Waals surface area contributed by atoms with Crippen LogP contribution in [-0.2, 0) is 17.8 Å². The first-order valence-corrected chi connectivity index (χ1v) is 13.0. The summed E-state index contributed by atoms with van der Waals surface area (Å²) in [5.74, 6) is -0.115. The zero-order chi connectivity index (χ0) is 27.5. The number of esters is 1. The van der Waals surface area contributed by atoms with Gasteiger partial charge in [-0.25, -0.2) is 9.48 Å². The van der Waals surface area contributed by atoms with Gasteiger partial charge >= 0.3 is 5.97 Å². The lowest BCUT2D eigenvalue weighted by atomic mass is 9.98. The molecule has 3 aromatic carbocycles. The van der Waals surface area contributed by atoms with Crippen LogP contribution in [0.25, 0.3) is 27.8 Å². The molecule has 0 saturated carbocycles. The van der Waals surface area contributed by atoms with Crippen molar-refractivity contribution in [3.05, 3.63) is 89.2 Å². The average Bonchev–Trinajstić information content (AvgIpc) is 3.59. The zero-order valence-electron chi connectivity index (χ0n) is 22.6. The van der Waals surface area contributed by atoms with E-state index < -0.39 is 5.97 Å². The molecular formula is C30H32N6O3. The number of hydrogen-bond acceptors (Lipinski definition) is 7. The second-order valence-electron chi connectivity index (χ2n) is 9.56. The smallest absolute Gasteiger partial charge is 0.340 e. The lowest BCUT2D eigenvalue weighted by molar-refractivity contribution is 0.0602. The van der Waals surface area contributed by atoms with Crippen LogP contribution in [0.15, 0.2) is 66.9 Å². The molecule has 5 rings (SSSR count). The summed E-state index contributed by atoms with van der Waals surface area (Å²) in [6.45, 7) is 7.45. The van der Waals surface area contributed by atoms with E-state index in [1.807, 2.05) is 35.9 Å². The van der Waals surface area contributed by atoms with E-state index >= 15 is 0 Å². The minimum absolute atomic E-state index is 0.300. The average molecular weight is 525 g/mol. The molecule has 2 aromatic heterocycles. The zero-order valence-corrected chi connectivity index (χ0v) is 22.6. The molecule has 2 heterocycles. The van der Waals surface area contributed by atoms with E-state index in [4.69, 9.17) is 15.2 Å². The summed E-state index contributed by atoms with van der Waals surface area (Å²) in [5, 5.41) is 8.60. The minimum Gasteiger partial charge on any atom is -0.465 e. The number of nitrogens with zero attached hydrogens (tertiary/aromatic N) is 5. The van der Waals surface area contributed by atoms with E-state index in [0.29, 0.717) is 48.2 Å². The van der Waals surface area contributed by atoms with E-state index in [2.05, 4.69) is 59.5 Å². The number of para-hydroxylation sites is 1. The minimum atomic E-state index is -0.415. The van der Waals surface area contributed by atoms with Crippen LogP contribution in [0.2, 0.25) is 0 Å². The molecule has 0 bridgehead atoms. The number of ether oxygens (including phenoxy) is 2. The highest BCUT2D eigenvalue weighted by Gasteiger charge is 2.20. The maximum atomic E-state index is 12.5. The molecule has 0 aliphatic rings. The lowest BCUT2D eigenvalue weighted by Crippen LogP contribution is -2.09. The summed E-state index contributed by atoms with van der Waals surface area (Å²) in [5.41, 5.74) is 13.9. The topological polar surface area (TPSA) is 110 Å². The standard InChI is InChI=1S/C30H32N6O3/c1-5-39-30-32-26-8-6-7-24(29(37)38-4)28(26)35(30)17-20-9-11-21(12-10-20)25-15-23(14-13-22(25)16-31)36-18-27(19(2)3)33-34-36/h6-15,18-19H,5,16-17,31H2,1-4H3. The number of carbonyl (C=O) groups excluding carboxylic acids is 1. The second-order valence-corrected chi connectivity index (χ2v) is 9.56. The van der Waals surface area contributed by atoms with Crippen molar-refractivity contribution in [2.24, 2.45) is 5.73 Å². The molecule has 0 aliphatic carbocycles. The molecule has 0 aliphatic heterocycles. The van der Waals surface area contributed by atoms with Gasteiger partial charge in [-0.2, -0.15) is 4.98 Å². The molecule has 0 fully saturated rings. The van der Waals surface area contributed by atoms with Gasteiger partial charge in [0, 0.05) is 6.54 Å². The van der Waals surface area contributed by atoms with Crippen LogP contribution in [0.1, 0.15) is 53.9 Å². The van der Waals surface area contributed by atoms with Crippen molar-refractivity contribution in [1.82, 2.24) is 24.5 Å². The van der Waals surface area contributed by atoms with Crippen molar-refractivity contribution in [1.29, 1.82) is 0 Å². The molecule has 0 radical (unpaired) electrons. The fraction of sp³-hybridized carbons (Fsp3) is 0.267. The molecule has 0 amide bonds. The summed E-state index contributed by atoms with van der Waals surface area (Å²) in [6.07, 6.45) is 1.96. The van der Waals surface area contributed by atoms with Crippen LogP contribution in [0.3, 0.4) is 0 Å². The van der Waals surface area contributed by atoms with E-state index in [1.165, 1.54) is 7.11 Å². The third kappa shape index (κ3) is 5.13. The maximum absolute atomic E-state index is 12.5. The number of methoxy groups -OCH3 is 1. The number of benzene rings is 3. The fourth-order valence-corrected chi connectivity index (χ4v) is 4.62. The Morgan fingerprint density at radius 2 is 1.87 bits per heavy atom. The van der Waals surface area contributed by atoms with Crippen LogP contribution in [0.5, 0.6) is 6.01 Å². The number of carbonyl (C=O) groups is 1. The van der Waals surface area contributed by atoms with Crippen molar-refractivity contribution >= 4 is 17.0 Å². The quantitative estimate of drug-likeness (QED) is 0.267. The SMILES string of the molecule is CCOc1nc2cccc(C(=O)OC)c2n1Cc1ccc(-c2cc(-n3cc(C(C)C)nn3)ccc2CN)cc1. The van der Waals surface area contributed by atoms with Crippen LogP contribution in [-0.4, -0.2) is 44.2 Å². The first-order valence-electron chi connectivity index (χ1n) is 13.0. The molecule has 9 heteroatoms. The van der Waals surface area contributed by atoms with Gasteiger partial charge in [0.15, 0.2) is 0 Å². The monoisotopic (exact) mass is 524 g/mol. The van der Waals surface area contributed by atoms with Crippen LogP contribution >= 0.6 is 0 Å². The number of aromatic nitrogens is 5. The molecule has 5 aromatic rings. The molecule has 0 spiro atoms. The maximum Gasteiger partial charge on any atom is 0.340 e. The van der Waals surface area contributed by atoms with Crippen molar-refractivity contribution in [3.63, 3.8) is 0 Å². The van der Waals surface area contributed by atoms with Crippen LogP contribution in [0, 0.1) is 0 Å². The summed E-state index contributed by atoms with van der Waals surface area (Å²) in [6, 6.07) is 20.3. The molecule has 39 heavy (non-hydrogen) atoms. The molecule has 0 saturated heterocycles. The van der Waals surface area contributed by atoms with E-state index in [0.717, 1.165) is 33.6 Å². The Morgan fingerprint density at radius 1 is 1.08 bits per heavy atom. The number of hydrogen-bond donors (Lipinski definition) is 1. The molecular weight excluding hydrogens is 492 g/mol. The number of imidazole rings is 1. The van der Waals surface area contributed by atoms with Crippen molar-refractivity contribution < 1.29 is 14.3 Å². The van der Waals surface area contributed by atoms with Gasteiger partial charge in [-0.3, -0.25) is 4.57 Å². The van der Waals surface area contributed by atoms with E-state index in [9.17, 15) is 4.79 Å². The van der Waals surface area contributed by atoms with Gasteiger partial charge in [0.25, 0.3) is 6.01 Å². The summed E-state index contributed by atoms with van der Waals surface area (Å²) in [4.78, 5) is 17.1. The molecule has 200 valence electrons. The predicted molar refractivity (Wildman–Crippen MR) is 150 cm³/mol. The lowest BCUT2D eigenvalue weighted by Gasteiger charge is -2.13. The van der Waals surface area contributed by atoms with Crippen molar-refractivity contribution in [2.75, 3.05) is 13.7 Å². The molecule has 0 unspecified atom stereocenters. The number of fused-ring (bicyclic) bond motifs is 1. The van der Waals surface area contributed by atoms with Crippen molar-refractivity contribution in [2.45, 2.75) is 39.8 Å². The van der Waals surface area contributed by atoms with Gasteiger partial charge in [0.1, 0.15) is 0 Å². The van der Waals surface area contributed by atoms with E-state index in [1.54, 1.807) is 16.8 Å². The highest BCUT2D eigenvalue weighted by atomic mass is 16.5. The van der Waals surface area contributed by atoms with Gasteiger partial charge < -0.3 is 15.2 Å². The van der Waals surface area contributed by atoms with Gasteiger partial charge in [0.05, 0.1) is 54.4 Å². The Hall–Kier alpha value is -4.50. The fourth-order valence-electron chi connectivity index (χ4n) is 4.62. The van der Waals surface area contributed by atoms with Gasteiger partial charge in [-0.15, -0.1) is 5.10 Å². The largest absolute Gasteiger partial charge is 0.465 e. The molecule has 0 atom stereocenters. The third-order valence-electron chi connectivity index (χ3n) is 6.70.